The number of amides is 3. The maximum absolute atomic E-state index is 13.4. The molecule has 0 bridgehead atoms. The number of hydrogen-bond donors (Lipinski definition) is 3. The summed E-state index contributed by atoms with van der Waals surface area (Å²) in [4.78, 5) is 94.6. The Hall–Kier alpha value is -5.18. The van der Waals surface area contributed by atoms with E-state index in [1.807, 2.05) is 37.7 Å². The normalized spacial score (nSPS) is 16.0. The second-order valence-corrected chi connectivity index (χ2v) is 14.7. The first kappa shape index (κ1) is 50.0. The topological polar surface area (TPSA) is 227 Å². The van der Waals surface area contributed by atoms with Gasteiger partial charge in [0.15, 0.2) is 17.3 Å². The Labute approximate surface area is 348 Å². The van der Waals surface area contributed by atoms with Crippen molar-refractivity contribution in [3.63, 3.8) is 0 Å². The van der Waals surface area contributed by atoms with Crippen LogP contribution in [0, 0.1) is 0 Å². The smallest absolute Gasteiger partial charge is 0.373 e. The monoisotopic (exact) mass is 841 g/mol. The largest absolute Gasteiger partial charge is 0.486 e. The molecule has 2 aliphatic rings. The number of hydrogen-bond acceptors (Lipinski definition) is 14. The molecule has 0 unspecified atom stereocenters. The maximum Gasteiger partial charge on any atom is 0.373 e. The Morgan fingerprint density at radius 1 is 0.729 bits per heavy atom. The molecule has 2 aromatic rings. The first-order valence-electron chi connectivity index (χ1n) is 19.8. The van der Waals surface area contributed by atoms with E-state index >= 15 is 0 Å². The highest BCUT2D eigenvalue weighted by molar-refractivity contribution is 8.00. The van der Waals surface area contributed by atoms with Gasteiger partial charge in [0.2, 0.25) is 5.91 Å². The van der Waals surface area contributed by atoms with Crippen molar-refractivity contribution in [3.8, 4) is 22.6 Å². The van der Waals surface area contributed by atoms with Gasteiger partial charge in [-0.15, -0.1) is 0 Å². The summed E-state index contributed by atoms with van der Waals surface area (Å²) in [6, 6.07) is 12.8. The number of unbranched alkanes of at least 4 members (excludes halogenated alkanes) is 1. The summed E-state index contributed by atoms with van der Waals surface area (Å²) in [5.74, 6) is 1.69. The van der Waals surface area contributed by atoms with Crippen molar-refractivity contribution < 1.29 is 62.1 Å². The van der Waals surface area contributed by atoms with Crippen LogP contribution in [-0.2, 0) is 43.0 Å². The van der Waals surface area contributed by atoms with Gasteiger partial charge in [-0.1, -0.05) is 18.6 Å². The van der Waals surface area contributed by atoms with Crippen molar-refractivity contribution in [3.05, 3.63) is 48.0 Å². The molecule has 322 valence electrons. The zero-order valence-corrected chi connectivity index (χ0v) is 34.5. The van der Waals surface area contributed by atoms with Crippen LogP contribution >= 0.6 is 11.8 Å². The molecule has 0 spiro atoms. The maximum atomic E-state index is 13.4. The first-order valence-corrected chi connectivity index (χ1v) is 20.8. The van der Waals surface area contributed by atoms with Gasteiger partial charge in [0.1, 0.15) is 24.7 Å². The number of carbonyl (C=O) groups excluding carboxylic acids is 9. The number of ether oxygens (including phenoxy) is 4. The Morgan fingerprint density at radius 2 is 1.34 bits per heavy atom. The summed E-state index contributed by atoms with van der Waals surface area (Å²) in [7, 11) is 0. The van der Waals surface area contributed by atoms with Crippen LogP contribution < -0.4 is 25.4 Å². The molecule has 0 saturated carbocycles. The number of benzene rings is 2. The molecule has 0 aliphatic carbocycles. The molecular weight excluding hydrogens is 787 g/mol. The van der Waals surface area contributed by atoms with E-state index in [2.05, 4.69) is 16.0 Å². The van der Waals surface area contributed by atoms with Crippen LogP contribution in [0.3, 0.4) is 0 Å². The van der Waals surface area contributed by atoms with Gasteiger partial charge in [-0.3, -0.25) is 19.2 Å². The van der Waals surface area contributed by atoms with Crippen LogP contribution in [0.15, 0.2) is 42.5 Å². The fraction of sp³-hybridized carbons (Fsp3) is 0.548. The van der Waals surface area contributed by atoms with Crippen molar-refractivity contribution in [1.29, 1.82) is 0 Å². The molecule has 3 amide bonds. The fourth-order valence-corrected chi connectivity index (χ4v) is 7.78. The van der Waals surface area contributed by atoms with Gasteiger partial charge >= 0.3 is 18.3 Å². The lowest BCUT2D eigenvalue weighted by atomic mass is 9.99. The number of thioether (sulfide) groups is 1. The highest BCUT2D eigenvalue weighted by Gasteiger charge is 2.42. The lowest BCUT2D eigenvalue weighted by molar-refractivity contribution is -0.193. The predicted octanol–water partition coefficient (Wildman–Crippen LogP) is 4.52. The lowest BCUT2D eigenvalue weighted by Gasteiger charge is -2.16. The third-order valence-electron chi connectivity index (χ3n) is 9.10. The van der Waals surface area contributed by atoms with Gasteiger partial charge in [-0.05, 0) is 87.4 Å². The number of urea groups is 1. The van der Waals surface area contributed by atoms with E-state index in [0.717, 1.165) is 36.1 Å². The first-order chi connectivity index (χ1) is 28.6. The van der Waals surface area contributed by atoms with Gasteiger partial charge in [0, 0.05) is 75.2 Å². The van der Waals surface area contributed by atoms with E-state index < -0.39 is 0 Å². The van der Waals surface area contributed by atoms with E-state index in [9.17, 15) is 24.0 Å². The molecule has 2 aliphatic heterocycles. The second kappa shape index (κ2) is 29.9. The minimum absolute atomic E-state index is 0.000764. The minimum atomic E-state index is -0.116. The van der Waals surface area contributed by atoms with Crippen molar-refractivity contribution in [2.75, 3.05) is 51.9 Å². The molecule has 59 heavy (non-hydrogen) atoms. The summed E-state index contributed by atoms with van der Waals surface area (Å²) in [5, 5.41) is 9.26. The van der Waals surface area contributed by atoms with Crippen molar-refractivity contribution in [2.24, 2.45) is 0 Å². The van der Waals surface area contributed by atoms with Gasteiger partial charge in [-0.25, -0.2) is 4.79 Å². The van der Waals surface area contributed by atoms with Crippen LogP contribution in [-0.4, -0.2) is 111 Å². The third-order valence-corrected chi connectivity index (χ3v) is 10.6. The number of ketones is 3. The predicted molar refractivity (Wildman–Crippen MR) is 215 cm³/mol. The van der Waals surface area contributed by atoms with Crippen LogP contribution in [0.4, 0.5) is 4.79 Å². The standard InChI is InChI=1S/C40H55N3O9S.2CO2/c1-3-49-20-8-10-31(44)25-51-33-17-15-28(16-18-33)29-22-30(24-34(23-29)52-26-32(45)11-9-21-50-4-2)36(46)12-7-19-41-38(47)14-6-5-13-37-39-35(27-53-37)42-40(48)43-39;2*2-1-3/h15-18,22-24,35,37,39H,3-14,19-21,25-27H2,1-2H3,(H,41,47)(H2,42,43,48);;/t35-,37-,39-;;/m0../s1. The summed E-state index contributed by atoms with van der Waals surface area (Å²) >= 11 is 1.87. The molecule has 2 fully saturated rings. The number of rotatable bonds is 27. The van der Waals surface area contributed by atoms with Gasteiger partial charge in [0.05, 0.1) is 12.1 Å². The van der Waals surface area contributed by atoms with E-state index in [1.165, 1.54) is 0 Å². The zero-order valence-electron chi connectivity index (χ0n) is 33.7. The van der Waals surface area contributed by atoms with E-state index in [0.29, 0.717) is 93.8 Å². The van der Waals surface area contributed by atoms with Crippen LogP contribution in [0.5, 0.6) is 11.5 Å². The Morgan fingerprint density at radius 3 is 1.95 bits per heavy atom. The molecular formula is C42H55N3O13S. The summed E-state index contributed by atoms with van der Waals surface area (Å²) in [6.45, 7) is 6.37. The number of carbonyl (C=O) groups is 5. The van der Waals surface area contributed by atoms with Crippen LogP contribution in [0.2, 0.25) is 0 Å². The molecule has 0 aromatic heterocycles. The van der Waals surface area contributed by atoms with Crippen molar-refractivity contribution in [1.82, 2.24) is 16.0 Å². The van der Waals surface area contributed by atoms with E-state index in [4.69, 9.17) is 38.1 Å². The number of Topliss-reactive ketones (excluding diaryl/α,β-unsaturated/α-hetero) is 3. The quantitative estimate of drug-likeness (QED) is 0.0639. The van der Waals surface area contributed by atoms with Gasteiger partial charge in [0.25, 0.3) is 0 Å². The molecule has 3 atom stereocenters. The van der Waals surface area contributed by atoms with Gasteiger partial charge < -0.3 is 34.9 Å². The Kier molecular flexibility index (Phi) is 25.4. The fourth-order valence-electron chi connectivity index (χ4n) is 6.24. The molecule has 4 rings (SSSR count). The highest BCUT2D eigenvalue weighted by Crippen LogP contribution is 2.33. The van der Waals surface area contributed by atoms with Crippen LogP contribution in [0.25, 0.3) is 11.1 Å². The summed E-state index contributed by atoms with van der Waals surface area (Å²) in [6.07, 6.45) is 6.27. The molecule has 17 heteroatoms. The van der Waals surface area contributed by atoms with E-state index in [1.54, 1.807) is 30.3 Å². The SMILES string of the molecule is CCOCCCC(=O)COc1ccc(-c2cc(OCC(=O)CCCOCC)cc(C(=O)CCCNC(=O)CCCC[C@@H]3SC[C@@H]4NC(=O)N[C@@H]43)c2)cc1.O=C=O.O=C=O. The van der Waals surface area contributed by atoms with Crippen molar-refractivity contribution in [2.45, 2.75) is 95.4 Å². The molecule has 0 radical (unpaired) electrons. The second-order valence-electron chi connectivity index (χ2n) is 13.4. The van der Waals surface area contributed by atoms with Crippen LogP contribution in [0.1, 0.15) is 88.4 Å². The average Bonchev–Trinajstić information content (AvgIpc) is 3.79. The molecule has 3 N–H and O–H groups in total. The van der Waals surface area contributed by atoms with Crippen molar-refractivity contribution >= 4 is 53.4 Å². The van der Waals surface area contributed by atoms with E-state index in [-0.39, 0.29) is 73.3 Å². The Bertz CT molecular complexity index is 1680. The Balaban J connectivity index is 0.00000188. The number of nitrogens with one attached hydrogen (secondary N) is 3. The zero-order chi connectivity index (χ0) is 43.3. The van der Waals surface area contributed by atoms with Gasteiger partial charge in [-0.2, -0.15) is 30.9 Å². The molecule has 2 saturated heterocycles. The molecule has 2 aromatic carbocycles. The lowest BCUT2D eigenvalue weighted by Crippen LogP contribution is -2.36. The molecule has 2 heterocycles. The molecule has 16 nitrogen and oxygen atoms in total. The minimum Gasteiger partial charge on any atom is -0.486 e. The summed E-state index contributed by atoms with van der Waals surface area (Å²) < 4.78 is 22.2. The average molecular weight is 842 g/mol. The highest BCUT2D eigenvalue weighted by atomic mass is 32.2. The third kappa shape index (κ3) is 20.4. The summed E-state index contributed by atoms with van der Waals surface area (Å²) in [5.41, 5.74) is 2.00. The number of fused-ring (bicyclic) bond motifs is 1.